The van der Waals surface area contributed by atoms with E-state index in [2.05, 4.69) is 5.32 Å². The summed E-state index contributed by atoms with van der Waals surface area (Å²) in [7, 11) is 0. The zero-order valence-electron chi connectivity index (χ0n) is 8.36. The summed E-state index contributed by atoms with van der Waals surface area (Å²) in [5.74, 6) is -0.252. The molecule has 2 atom stereocenters. The van der Waals surface area contributed by atoms with Gasteiger partial charge in [-0.2, -0.15) is 0 Å². The van der Waals surface area contributed by atoms with Crippen molar-refractivity contribution in [2.75, 3.05) is 26.3 Å². The quantitative estimate of drug-likeness (QED) is 0.591. The average molecular weight is 203 g/mol. The summed E-state index contributed by atoms with van der Waals surface area (Å²) in [5.41, 5.74) is 0. The maximum Gasteiger partial charge on any atom is 0.308 e. The van der Waals surface area contributed by atoms with Gasteiger partial charge in [-0.25, -0.2) is 0 Å². The van der Waals surface area contributed by atoms with Crippen molar-refractivity contribution in [3.8, 4) is 0 Å². The first-order valence-corrected chi connectivity index (χ1v) is 4.89. The van der Waals surface area contributed by atoms with Crippen LogP contribution in [0.3, 0.4) is 0 Å². The van der Waals surface area contributed by atoms with Gasteiger partial charge in [-0.1, -0.05) is 0 Å². The van der Waals surface area contributed by atoms with E-state index < -0.39 is 0 Å². The van der Waals surface area contributed by atoms with Gasteiger partial charge < -0.3 is 19.9 Å². The third kappa shape index (κ3) is 3.61. The average Bonchev–Trinajstić information content (AvgIpc) is 2.18. The molecular weight excluding hydrogens is 186 g/mol. The molecule has 2 N–H and O–H groups in total. The van der Waals surface area contributed by atoms with Crippen LogP contribution in [0, 0.1) is 0 Å². The van der Waals surface area contributed by atoms with E-state index in [0.717, 1.165) is 0 Å². The molecule has 1 heterocycles. The van der Waals surface area contributed by atoms with E-state index >= 15 is 0 Å². The van der Waals surface area contributed by atoms with Gasteiger partial charge in [0.1, 0.15) is 0 Å². The second-order valence-corrected chi connectivity index (χ2v) is 3.23. The second kappa shape index (κ2) is 5.95. The molecule has 14 heavy (non-hydrogen) atoms. The molecule has 0 unspecified atom stereocenters. The molecule has 0 bridgehead atoms. The predicted molar refractivity (Wildman–Crippen MR) is 49.9 cm³/mol. The lowest BCUT2D eigenvalue weighted by Crippen LogP contribution is -2.47. The van der Waals surface area contributed by atoms with Crippen molar-refractivity contribution >= 4 is 5.97 Å². The minimum Gasteiger partial charge on any atom is -0.466 e. The van der Waals surface area contributed by atoms with Gasteiger partial charge in [0.2, 0.25) is 0 Å². The maximum atomic E-state index is 11.1. The Labute approximate surface area is 83.4 Å². The summed E-state index contributed by atoms with van der Waals surface area (Å²) in [6.45, 7) is 3.41. The van der Waals surface area contributed by atoms with E-state index in [9.17, 15) is 4.79 Å². The van der Waals surface area contributed by atoms with Crippen molar-refractivity contribution in [1.82, 2.24) is 5.32 Å². The third-order valence-corrected chi connectivity index (χ3v) is 2.03. The highest BCUT2D eigenvalue weighted by atomic mass is 16.5. The van der Waals surface area contributed by atoms with Crippen LogP contribution in [0.5, 0.6) is 0 Å². The van der Waals surface area contributed by atoms with Crippen LogP contribution < -0.4 is 5.32 Å². The number of hydrogen-bond donors (Lipinski definition) is 2. The number of aliphatic hydroxyl groups excluding tert-OH is 1. The summed E-state index contributed by atoms with van der Waals surface area (Å²) >= 11 is 0. The molecule has 1 saturated heterocycles. The Hall–Kier alpha value is -0.650. The largest absolute Gasteiger partial charge is 0.466 e. The molecule has 1 rings (SSSR count). The molecule has 0 spiro atoms. The fourth-order valence-electron chi connectivity index (χ4n) is 1.41. The lowest BCUT2D eigenvalue weighted by molar-refractivity contribution is -0.149. The van der Waals surface area contributed by atoms with E-state index in [1.807, 2.05) is 0 Å². The zero-order valence-corrected chi connectivity index (χ0v) is 8.36. The number of ether oxygens (including phenoxy) is 2. The zero-order chi connectivity index (χ0) is 10.4. The standard InChI is InChI=1S/C9H17NO4/c1-2-13-9(12)3-7-4-10-5-8(6-11)14-7/h7-8,10-11H,2-6H2,1H3/t7-,8-/m1/s1. The Kier molecular flexibility index (Phi) is 4.86. The first kappa shape index (κ1) is 11.4. The molecule has 0 aromatic heterocycles. The molecule has 1 aliphatic heterocycles. The number of hydrogen-bond acceptors (Lipinski definition) is 5. The first-order chi connectivity index (χ1) is 6.76. The lowest BCUT2D eigenvalue weighted by atomic mass is 10.2. The molecule has 82 valence electrons. The Morgan fingerprint density at radius 3 is 2.93 bits per heavy atom. The van der Waals surface area contributed by atoms with Gasteiger partial charge in [-0.15, -0.1) is 0 Å². The van der Waals surface area contributed by atoms with Gasteiger partial charge in [0, 0.05) is 13.1 Å². The first-order valence-electron chi connectivity index (χ1n) is 4.89. The van der Waals surface area contributed by atoms with Gasteiger partial charge in [-0.05, 0) is 6.92 Å². The van der Waals surface area contributed by atoms with Crippen molar-refractivity contribution in [3.05, 3.63) is 0 Å². The monoisotopic (exact) mass is 203 g/mol. The van der Waals surface area contributed by atoms with Crippen LogP contribution >= 0.6 is 0 Å². The Morgan fingerprint density at radius 1 is 1.57 bits per heavy atom. The molecule has 0 amide bonds. The molecule has 1 fully saturated rings. The molecule has 1 aliphatic rings. The summed E-state index contributed by atoms with van der Waals surface area (Å²) in [6, 6.07) is 0. The van der Waals surface area contributed by atoms with Crippen LogP contribution in [0.4, 0.5) is 0 Å². The van der Waals surface area contributed by atoms with E-state index in [1.54, 1.807) is 6.92 Å². The van der Waals surface area contributed by atoms with Gasteiger partial charge in [0.25, 0.3) is 0 Å². The van der Waals surface area contributed by atoms with Crippen molar-refractivity contribution in [2.45, 2.75) is 25.6 Å². The summed E-state index contributed by atoms with van der Waals surface area (Å²) in [6.07, 6.45) is -0.139. The van der Waals surface area contributed by atoms with Crippen molar-refractivity contribution in [2.24, 2.45) is 0 Å². The van der Waals surface area contributed by atoms with Crippen LogP contribution in [0.25, 0.3) is 0 Å². The highest BCUT2D eigenvalue weighted by Crippen LogP contribution is 2.07. The Morgan fingerprint density at radius 2 is 2.29 bits per heavy atom. The van der Waals surface area contributed by atoms with E-state index in [-0.39, 0.29) is 31.2 Å². The van der Waals surface area contributed by atoms with Gasteiger partial charge in [-0.3, -0.25) is 4.79 Å². The van der Waals surface area contributed by atoms with Crippen LogP contribution in [0.2, 0.25) is 0 Å². The molecule has 0 aromatic carbocycles. The van der Waals surface area contributed by atoms with E-state index in [1.165, 1.54) is 0 Å². The van der Waals surface area contributed by atoms with Gasteiger partial charge >= 0.3 is 5.97 Å². The molecule has 0 saturated carbocycles. The van der Waals surface area contributed by atoms with Gasteiger partial charge in [0.15, 0.2) is 0 Å². The number of morpholine rings is 1. The lowest BCUT2D eigenvalue weighted by Gasteiger charge is -2.29. The number of rotatable bonds is 4. The molecular formula is C9H17NO4. The number of carbonyl (C=O) groups excluding carboxylic acids is 1. The fraction of sp³-hybridized carbons (Fsp3) is 0.889. The highest BCUT2D eigenvalue weighted by molar-refractivity contribution is 5.69. The van der Waals surface area contributed by atoms with Crippen LogP contribution in [-0.4, -0.2) is 49.6 Å². The fourth-order valence-corrected chi connectivity index (χ4v) is 1.41. The minimum atomic E-state index is -0.252. The van der Waals surface area contributed by atoms with E-state index in [4.69, 9.17) is 14.6 Å². The topological polar surface area (TPSA) is 67.8 Å². The summed E-state index contributed by atoms with van der Waals surface area (Å²) in [5, 5.41) is 12.0. The number of nitrogens with one attached hydrogen (secondary N) is 1. The minimum absolute atomic E-state index is 0.0215. The smallest absolute Gasteiger partial charge is 0.308 e. The van der Waals surface area contributed by atoms with Crippen LogP contribution in [-0.2, 0) is 14.3 Å². The highest BCUT2D eigenvalue weighted by Gasteiger charge is 2.23. The summed E-state index contributed by atoms with van der Waals surface area (Å²) < 4.78 is 10.2. The maximum absolute atomic E-state index is 11.1. The molecule has 5 heteroatoms. The second-order valence-electron chi connectivity index (χ2n) is 3.23. The van der Waals surface area contributed by atoms with Crippen molar-refractivity contribution in [3.63, 3.8) is 0 Å². The van der Waals surface area contributed by atoms with E-state index in [0.29, 0.717) is 19.7 Å². The van der Waals surface area contributed by atoms with Crippen LogP contribution in [0.1, 0.15) is 13.3 Å². The number of carbonyl (C=O) groups is 1. The normalized spacial score (nSPS) is 27.3. The SMILES string of the molecule is CCOC(=O)C[C@@H]1CNC[C@H](CO)O1. The Bertz CT molecular complexity index is 186. The molecule has 5 nitrogen and oxygen atoms in total. The van der Waals surface area contributed by atoms with Crippen LogP contribution in [0.15, 0.2) is 0 Å². The molecule has 0 radical (unpaired) electrons. The third-order valence-electron chi connectivity index (χ3n) is 2.03. The number of esters is 1. The summed E-state index contributed by atoms with van der Waals surface area (Å²) in [4.78, 5) is 11.1. The predicted octanol–water partition coefficient (Wildman–Crippen LogP) is -0.711. The number of aliphatic hydroxyl groups is 1. The van der Waals surface area contributed by atoms with Crippen molar-refractivity contribution < 1.29 is 19.4 Å². The van der Waals surface area contributed by atoms with Gasteiger partial charge in [0.05, 0.1) is 31.8 Å². The Balaban J connectivity index is 2.26. The molecule has 0 aromatic rings. The molecule has 0 aliphatic carbocycles. The van der Waals surface area contributed by atoms with Crippen molar-refractivity contribution in [1.29, 1.82) is 0 Å².